The van der Waals surface area contributed by atoms with Gasteiger partial charge in [-0.2, -0.15) is 0 Å². The van der Waals surface area contributed by atoms with E-state index in [4.69, 9.17) is 4.74 Å². The Morgan fingerprint density at radius 2 is 1.77 bits per heavy atom. The Labute approximate surface area is 181 Å². The van der Waals surface area contributed by atoms with Crippen LogP contribution in [-0.2, 0) is 11.3 Å². The third kappa shape index (κ3) is 5.38. The second-order valence-electron chi connectivity index (χ2n) is 7.90. The molecule has 0 bridgehead atoms. The highest BCUT2D eigenvalue weighted by Crippen LogP contribution is 2.29. The molecule has 0 aliphatic carbocycles. The van der Waals surface area contributed by atoms with Crippen molar-refractivity contribution in [3.63, 3.8) is 0 Å². The van der Waals surface area contributed by atoms with Gasteiger partial charge in [-0.1, -0.05) is 30.3 Å². The van der Waals surface area contributed by atoms with Crippen molar-refractivity contribution in [1.29, 1.82) is 0 Å². The van der Waals surface area contributed by atoms with Crippen LogP contribution in [0.25, 0.3) is 0 Å². The van der Waals surface area contributed by atoms with Crippen LogP contribution in [0.5, 0.6) is 0 Å². The number of benzene rings is 2. The number of morpholine rings is 1. The maximum atomic E-state index is 12.7. The van der Waals surface area contributed by atoms with Gasteiger partial charge in [0.05, 0.1) is 44.3 Å². The number of ether oxygens (including phenoxy) is 1. The van der Waals surface area contributed by atoms with Crippen molar-refractivity contribution in [2.75, 3.05) is 57.4 Å². The maximum Gasteiger partial charge on any atom is 0.293 e. The largest absolute Gasteiger partial charge is 0.378 e. The van der Waals surface area contributed by atoms with Gasteiger partial charge in [0.2, 0.25) is 0 Å². The molecule has 1 amide bonds. The fraction of sp³-hybridized carbons (Fsp3) is 0.409. The van der Waals surface area contributed by atoms with Gasteiger partial charge in [-0.05, 0) is 12.1 Å². The third-order valence-electron chi connectivity index (χ3n) is 5.81. The summed E-state index contributed by atoms with van der Waals surface area (Å²) in [6.45, 7) is 6.57. The monoisotopic (exact) mass is 426 g/mol. The van der Waals surface area contributed by atoms with E-state index in [0.29, 0.717) is 37.6 Å². The molecular weight excluding hydrogens is 398 g/mol. The average molecular weight is 426 g/mol. The van der Waals surface area contributed by atoms with E-state index >= 15 is 0 Å². The van der Waals surface area contributed by atoms with Crippen LogP contribution >= 0.6 is 0 Å². The number of anilines is 1. The van der Waals surface area contributed by atoms with E-state index in [1.807, 2.05) is 16.0 Å². The summed E-state index contributed by atoms with van der Waals surface area (Å²) in [6.07, 6.45) is 0. The van der Waals surface area contributed by atoms with Crippen LogP contribution in [0.2, 0.25) is 0 Å². The quantitative estimate of drug-likeness (QED) is 0.516. The van der Waals surface area contributed by atoms with Gasteiger partial charge in [0.15, 0.2) is 0 Å². The highest BCUT2D eigenvalue weighted by molar-refractivity contribution is 5.95. The molecule has 2 fully saturated rings. The van der Waals surface area contributed by atoms with Crippen molar-refractivity contribution in [3.05, 3.63) is 69.8 Å². The normalized spacial score (nSPS) is 18.0. The standard InChI is InChI=1S/C22H27N5O4/c28-22(23-26-10-8-24(9-11-26)17-18-4-2-1-3-5-18)19-6-7-20(21(16-19)27(29)30)25-12-14-31-15-13-25/h1-7,16H,8-15,17H2,(H,23,28)/p+1. The molecule has 31 heavy (non-hydrogen) atoms. The number of hydrogen-bond donors (Lipinski definition) is 2. The lowest BCUT2D eigenvalue weighted by molar-refractivity contribution is -0.918. The predicted octanol–water partition coefficient (Wildman–Crippen LogP) is 0.477. The first-order chi connectivity index (χ1) is 15.1. The van der Waals surface area contributed by atoms with E-state index in [-0.39, 0.29) is 11.6 Å². The molecule has 2 aliphatic heterocycles. The van der Waals surface area contributed by atoms with Crippen LogP contribution in [0.1, 0.15) is 15.9 Å². The number of rotatable bonds is 6. The van der Waals surface area contributed by atoms with Crippen molar-refractivity contribution >= 4 is 17.3 Å². The van der Waals surface area contributed by atoms with E-state index < -0.39 is 4.92 Å². The van der Waals surface area contributed by atoms with E-state index in [9.17, 15) is 14.9 Å². The average Bonchev–Trinajstić information content (AvgIpc) is 2.81. The number of hydrogen-bond acceptors (Lipinski definition) is 6. The molecule has 2 aliphatic rings. The van der Waals surface area contributed by atoms with Crippen LogP contribution in [0, 0.1) is 10.1 Å². The molecule has 4 rings (SSSR count). The predicted molar refractivity (Wildman–Crippen MR) is 116 cm³/mol. The lowest BCUT2D eigenvalue weighted by Crippen LogP contribution is -3.13. The molecule has 0 saturated carbocycles. The zero-order valence-corrected chi connectivity index (χ0v) is 17.5. The van der Waals surface area contributed by atoms with Gasteiger partial charge in [-0.3, -0.25) is 20.3 Å². The number of piperazine rings is 1. The number of nitrogens with one attached hydrogen (secondary N) is 2. The van der Waals surface area contributed by atoms with E-state index in [1.54, 1.807) is 12.1 Å². The summed E-state index contributed by atoms with van der Waals surface area (Å²) in [5, 5.41) is 13.5. The van der Waals surface area contributed by atoms with Crippen molar-refractivity contribution in [3.8, 4) is 0 Å². The van der Waals surface area contributed by atoms with Crippen LogP contribution in [0.3, 0.4) is 0 Å². The molecule has 0 radical (unpaired) electrons. The summed E-state index contributed by atoms with van der Waals surface area (Å²) in [6, 6.07) is 15.1. The molecular formula is C22H28N5O4+. The molecule has 2 heterocycles. The minimum absolute atomic E-state index is 0.0494. The lowest BCUT2D eigenvalue weighted by atomic mass is 10.1. The second kappa shape index (κ2) is 9.86. The first-order valence-corrected chi connectivity index (χ1v) is 10.6. The van der Waals surface area contributed by atoms with Gasteiger partial charge >= 0.3 is 0 Å². The summed E-state index contributed by atoms with van der Waals surface area (Å²) in [7, 11) is 0. The van der Waals surface area contributed by atoms with Crippen molar-refractivity contribution in [2.24, 2.45) is 0 Å². The lowest BCUT2D eigenvalue weighted by Gasteiger charge is -2.32. The van der Waals surface area contributed by atoms with Gasteiger partial charge in [0, 0.05) is 30.3 Å². The van der Waals surface area contributed by atoms with Crippen LogP contribution in [0.15, 0.2) is 48.5 Å². The smallest absolute Gasteiger partial charge is 0.293 e. The highest BCUT2D eigenvalue weighted by atomic mass is 16.6. The van der Waals surface area contributed by atoms with Crippen molar-refractivity contribution in [2.45, 2.75) is 6.54 Å². The topological polar surface area (TPSA) is 92.4 Å². The van der Waals surface area contributed by atoms with E-state index in [0.717, 1.165) is 32.7 Å². The van der Waals surface area contributed by atoms with Gasteiger partial charge in [0.1, 0.15) is 12.2 Å². The summed E-state index contributed by atoms with van der Waals surface area (Å²) < 4.78 is 5.33. The summed E-state index contributed by atoms with van der Waals surface area (Å²) in [4.78, 5) is 27.3. The molecule has 2 aromatic rings. The number of amides is 1. The Morgan fingerprint density at radius 1 is 1.06 bits per heavy atom. The van der Waals surface area contributed by atoms with Crippen LogP contribution in [-0.4, -0.2) is 68.3 Å². The Morgan fingerprint density at radius 3 is 2.45 bits per heavy atom. The van der Waals surface area contributed by atoms with Gasteiger partial charge in [-0.15, -0.1) is 0 Å². The van der Waals surface area contributed by atoms with Crippen molar-refractivity contribution < 1.29 is 19.4 Å². The molecule has 0 spiro atoms. The Bertz CT molecular complexity index is 909. The van der Waals surface area contributed by atoms with Crippen LogP contribution < -0.4 is 15.2 Å². The van der Waals surface area contributed by atoms with Crippen LogP contribution in [0.4, 0.5) is 11.4 Å². The molecule has 164 valence electrons. The number of quaternary nitrogens is 1. The number of nitro benzene ring substituents is 1. The van der Waals surface area contributed by atoms with Gasteiger partial charge in [0.25, 0.3) is 11.6 Å². The first-order valence-electron chi connectivity index (χ1n) is 10.6. The highest BCUT2D eigenvalue weighted by Gasteiger charge is 2.25. The van der Waals surface area contributed by atoms with E-state index in [2.05, 4.69) is 29.7 Å². The first kappa shape index (κ1) is 21.2. The molecule has 0 unspecified atom stereocenters. The van der Waals surface area contributed by atoms with Gasteiger partial charge < -0.3 is 14.5 Å². The maximum absolute atomic E-state index is 12.7. The second-order valence-corrected chi connectivity index (χ2v) is 7.90. The number of nitrogens with zero attached hydrogens (tertiary/aromatic N) is 3. The minimum atomic E-state index is -0.423. The zero-order chi connectivity index (χ0) is 21.6. The molecule has 9 heteroatoms. The fourth-order valence-corrected chi connectivity index (χ4v) is 4.09. The number of nitro groups is 1. The number of carbonyl (C=O) groups is 1. The minimum Gasteiger partial charge on any atom is -0.378 e. The summed E-state index contributed by atoms with van der Waals surface area (Å²) >= 11 is 0. The Kier molecular flexibility index (Phi) is 6.76. The molecule has 2 aromatic carbocycles. The molecule has 2 N–H and O–H groups in total. The Hall–Kier alpha value is -3.01. The van der Waals surface area contributed by atoms with E-state index in [1.165, 1.54) is 16.5 Å². The fourth-order valence-electron chi connectivity index (χ4n) is 4.09. The number of hydrazine groups is 1. The number of carbonyl (C=O) groups excluding carboxylic acids is 1. The summed E-state index contributed by atoms with van der Waals surface area (Å²) in [5.74, 6) is -0.317. The molecule has 0 atom stereocenters. The molecule has 0 aromatic heterocycles. The SMILES string of the molecule is O=C(NN1CC[NH+](Cc2ccccc2)CC1)c1ccc(N2CCOCC2)c([N+](=O)[O-])c1. The summed E-state index contributed by atoms with van der Waals surface area (Å²) in [5.41, 5.74) is 4.99. The van der Waals surface area contributed by atoms with Crippen molar-refractivity contribution in [1.82, 2.24) is 10.4 Å². The third-order valence-corrected chi connectivity index (χ3v) is 5.81. The molecule has 9 nitrogen and oxygen atoms in total. The van der Waals surface area contributed by atoms with Gasteiger partial charge in [-0.25, -0.2) is 5.01 Å². The molecule has 2 saturated heterocycles. The zero-order valence-electron chi connectivity index (χ0n) is 17.5. The Balaban J connectivity index is 1.35.